The Morgan fingerprint density at radius 2 is 1.50 bits per heavy atom. The Labute approximate surface area is 69.0 Å². The summed E-state index contributed by atoms with van der Waals surface area (Å²) in [4.78, 5) is 0. The summed E-state index contributed by atoms with van der Waals surface area (Å²) >= 11 is 0. The lowest BCUT2D eigenvalue weighted by atomic mass is 10.3. The van der Waals surface area contributed by atoms with Crippen molar-refractivity contribution in [1.82, 2.24) is 0 Å². The second kappa shape index (κ2) is 4.64. The molecule has 0 saturated carbocycles. The van der Waals surface area contributed by atoms with Crippen molar-refractivity contribution in [3.8, 4) is 0 Å². The summed E-state index contributed by atoms with van der Waals surface area (Å²) in [6.45, 7) is 4.00. The van der Waals surface area contributed by atoms with Gasteiger partial charge in [-0.2, -0.15) is 0 Å². The second-order valence-corrected chi connectivity index (χ2v) is 1.76. The molecule has 1 aromatic carbocycles. The Morgan fingerprint density at radius 1 is 1.00 bits per heavy atom. The normalized spacial score (nSPS) is 8.75. The fourth-order valence-electron chi connectivity index (χ4n) is 0.541. The molecule has 0 heterocycles. The maximum atomic E-state index is 12.3. The number of anilines is 1. The lowest BCUT2D eigenvalue weighted by Crippen LogP contribution is -1.96. The summed E-state index contributed by atoms with van der Waals surface area (Å²) in [6, 6.07) is 1.74. The van der Waals surface area contributed by atoms with Gasteiger partial charge in [0.15, 0.2) is 17.5 Å². The maximum Gasteiger partial charge on any atom is 0.196 e. The first-order chi connectivity index (χ1) is 5.63. The summed E-state index contributed by atoms with van der Waals surface area (Å²) in [7, 11) is 0. The molecule has 0 aliphatic heterocycles. The number of rotatable bonds is 0. The van der Waals surface area contributed by atoms with Gasteiger partial charge >= 0.3 is 0 Å². The van der Waals surface area contributed by atoms with Crippen molar-refractivity contribution in [2.75, 3.05) is 5.73 Å². The number of nitrogen functional groups attached to an aromatic ring is 1. The summed E-state index contributed by atoms with van der Waals surface area (Å²) in [5.41, 5.74) is 4.52. The molecule has 0 atom stereocenters. The molecule has 0 amide bonds. The van der Waals surface area contributed by atoms with Crippen molar-refractivity contribution >= 4 is 5.69 Å². The van der Waals surface area contributed by atoms with Gasteiger partial charge in [0.2, 0.25) is 0 Å². The number of hydrogen-bond acceptors (Lipinski definition) is 1. The minimum Gasteiger partial charge on any atom is -0.396 e. The fourth-order valence-corrected chi connectivity index (χ4v) is 0.541. The van der Waals surface area contributed by atoms with E-state index >= 15 is 0 Å². The summed E-state index contributed by atoms with van der Waals surface area (Å²) in [5.74, 6) is -4.09. The highest BCUT2D eigenvalue weighted by atomic mass is 19.2. The van der Waals surface area contributed by atoms with Crippen LogP contribution in [-0.2, 0) is 0 Å². The molecule has 12 heavy (non-hydrogen) atoms. The van der Waals surface area contributed by atoms with Crippen LogP contribution in [0.15, 0.2) is 12.1 Å². The van der Waals surface area contributed by atoms with Gasteiger partial charge in [0, 0.05) is 0 Å². The van der Waals surface area contributed by atoms with Crippen molar-refractivity contribution < 1.29 is 13.2 Å². The predicted octanol–water partition coefficient (Wildman–Crippen LogP) is 2.71. The Morgan fingerprint density at radius 3 is 1.92 bits per heavy atom. The molecule has 0 radical (unpaired) electrons. The van der Waals surface area contributed by atoms with Crippen molar-refractivity contribution in [3.05, 3.63) is 29.6 Å². The largest absolute Gasteiger partial charge is 0.396 e. The lowest BCUT2D eigenvalue weighted by molar-refractivity contribution is 0.449. The van der Waals surface area contributed by atoms with Gasteiger partial charge in [-0.1, -0.05) is 13.8 Å². The second-order valence-electron chi connectivity index (χ2n) is 1.76. The third-order valence-electron chi connectivity index (χ3n) is 1.07. The summed E-state index contributed by atoms with van der Waals surface area (Å²) in [6.07, 6.45) is 0. The average Bonchev–Trinajstić information content (AvgIpc) is 2.12. The molecule has 0 saturated heterocycles. The summed E-state index contributed by atoms with van der Waals surface area (Å²) in [5, 5.41) is 0. The highest BCUT2D eigenvalue weighted by molar-refractivity contribution is 5.39. The number of hydrogen-bond donors (Lipinski definition) is 1. The van der Waals surface area contributed by atoms with Crippen molar-refractivity contribution in [3.63, 3.8) is 0 Å². The molecule has 0 spiro atoms. The van der Waals surface area contributed by atoms with Crippen LogP contribution in [0.25, 0.3) is 0 Å². The third-order valence-corrected chi connectivity index (χ3v) is 1.07. The lowest BCUT2D eigenvalue weighted by Gasteiger charge is -1.96. The predicted molar refractivity (Wildman–Crippen MR) is 42.1 cm³/mol. The van der Waals surface area contributed by atoms with Crippen LogP contribution in [0.2, 0.25) is 0 Å². The van der Waals surface area contributed by atoms with E-state index < -0.39 is 17.5 Å². The minimum absolute atomic E-state index is 0.390. The van der Waals surface area contributed by atoms with Crippen LogP contribution in [0.1, 0.15) is 13.8 Å². The van der Waals surface area contributed by atoms with Gasteiger partial charge in [-0.25, -0.2) is 13.2 Å². The van der Waals surface area contributed by atoms with E-state index in [0.717, 1.165) is 12.1 Å². The molecule has 2 N–H and O–H groups in total. The highest BCUT2D eigenvalue weighted by Crippen LogP contribution is 2.15. The zero-order valence-electron chi connectivity index (χ0n) is 6.87. The number of nitrogens with two attached hydrogens (primary N) is 1. The van der Waals surface area contributed by atoms with Crippen LogP contribution in [0, 0.1) is 17.5 Å². The molecule has 0 bridgehead atoms. The minimum atomic E-state index is -1.53. The van der Waals surface area contributed by atoms with Crippen LogP contribution in [0.5, 0.6) is 0 Å². The van der Waals surface area contributed by atoms with E-state index in [1.165, 1.54) is 0 Å². The monoisotopic (exact) mass is 177 g/mol. The topological polar surface area (TPSA) is 26.0 Å². The van der Waals surface area contributed by atoms with Gasteiger partial charge < -0.3 is 5.73 Å². The molecule has 0 unspecified atom stereocenters. The van der Waals surface area contributed by atoms with Gasteiger partial charge in [-0.05, 0) is 12.1 Å². The Balaban J connectivity index is 0.000000561. The average molecular weight is 177 g/mol. The van der Waals surface area contributed by atoms with E-state index in [1.54, 1.807) is 0 Å². The van der Waals surface area contributed by atoms with E-state index in [2.05, 4.69) is 0 Å². The van der Waals surface area contributed by atoms with E-state index in [9.17, 15) is 13.2 Å². The van der Waals surface area contributed by atoms with Crippen molar-refractivity contribution in [2.24, 2.45) is 0 Å². The molecular weight excluding hydrogens is 167 g/mol. The maximum absolute atomic E-state index is 12.3. The SMILES string of the molecule is CC.Nc1ccc(F)c(F)c1F. The molecule has 0 aliphatic carbocycles. The van der Waals surface area contributed by atoms with Crippen LogP contribution >= 0.6 is 0 Å². The Bertz CT molecular complexity index is 234. The number of benzene rings is 1. The third kappa shape index (κ3) is 2.15. The van der Waals surface area contributed by atoms with Gasteiger partial charge in [-0.3, -0.25) is 0 Å². The molecule has 4 heteroatoms. The first-order valence-electron chi connectivity index (χ1n) is 3.52. The van der Waals surface area contributed by atoms with E-state index in [1.807, 2.05) is 13.8 Å². The zero-order chi connectivity index (χ0) is 9.72. The Hall–Kier alpha value is -1.19. The zero-order valence-corrected chi connectivity index (χ0v) is 6.87. The molecule has 1 rings (SSSR count). The van der Waals surface area contributed by atoms with Crippen molar-refractivity contribution in [1.29, 1.82) is 0 Å². The molecule has 1 nitrogen and oxygen atoms in total. The van der Waals surface area contributed by atoms with E-state index in [-0.39, 0.29) is 5.69 Å². The van der Waals surface area contributed by atoms with E-state index in [0.29, 0.717) is 0 Å². The van der Waals surface area contributed by atoms with Crippen LogP contribution in [-0.4, -0.2) is 0 Å². The van der Waals surface area contributed by atoms with E-state index in [4.69, 9.17) is 5.73 Å². The van der Waals surface area contributed by atoms with Crippen molar-refractivity contribution in [2.45, 2.75) is 13.8 Å². The summed E-state index contributed by atoms with van der Waals surface area (Å²) < 4.78 is 36.5. The highest BCUT2D eigenvalue weighted by Gasteiger charge is 2.09. The quantitative estimate of drug-likeness (QED) is 0.478. The Kier molecular flexibility index (Phi) is 4.18. The molecular formula is C8H10F3N. The fraction of sp³-hybridized carbons (Fsp3) is 0.250. The smallest absolute Gasteiger partial charge is 0.196 e. The van der Waals surface area contributed by atoms with Gasteiger partial charge in [-0.15, -0.1) is 0 Å². The van der Waals surface area contributed by atoms with Crippen LogP contribution in [0.4, 0.5) is 18.9 Å². The van der Waals surface area contributed by atoms with Gasteiger partial charge in [0.05, 0.1) is 5.69 Å². The molecule has 0 aliphatic rings. The molecule has 0 aromatic heterocycles. The first-order valence-corrected chi connectivity index (χ1v) is 3.52. The van der Waals surface area contributed by atoms with Crippen LogP contribution in [0.3, 0.4) is 0 Å². The molecule has 68 valence electrons. The van der Waals surface area contributed by atoms with Gasteiger partial charge in [0.25, 0.3) is 0 Å². The molecule has 1 aromatic rings. The first kappa shape index (κ1) is 10.8. The van der Waals surface area contributed by atoms with Crippen LogP contribution < -0.4 is 5.73 Å². The van der Waals surface area contributed by atoms with Gasteiger partial charge in [0.1, 0.15) is 0 Å². The standard InChI is InChI=1S/C6H4F3N.C2H6/c7-3-1-2-4(10)6(9)5(3)8;1-2/h1-2H,10H2;1-2H3. The number of halogens is 3. The molecule has 0 fully saturated rings.